The van der Waals surface area contributed by atoms with Crippen LogP contribution in [0.15, 0.2) is 30.5 Å². The molecule has 12 heavy (non-hydrogen) atoms. The summed E-state index contributed by atoms with van der Waals surface area (Å²) in [4.78, 5) is 0. The first-order valence-corrected chi connectivity index (χ1v) is 3.47. The van der Waals surface area contributed by atoms with E-state index in [4.69, 9.17) is 4.74 Å². The van der Waals surface area contributed by atoms with Crippen LogP contribution in [0, 0.1) is 11.6 Å². The van der Waals surface area contributed by atoms with E-state index in [1.54, 1.807) is 13.0 Å². The Bertz CT molecular complexity index is 295. The van der Waals surface area contributed by atoms with Crippen molar-refractivity contribution in [2.45, 2.75) is 6.92 Å². The third-order valence-electron chi connectivity index (χ3n) is 1.25. The average Bonchev–Trinajstić information content (AvgIpc) is 2.08. The Kier molecular flexibility index (Phi) is 2.80. The number of hydrogen-bond acceptors (Lipinski definition) is 1. The van der Waals surface area contributed by atoms with Gasteiger partial charge in [-0.15, -0.1) is 0 Å². The van der Waals surface area contributed by atoms with E-state index in [1.807, 2.05) is 0 Å². The van der Waals surface area contributed by atoms with Crippen molar-refractivity contribution < 1.29 is 13.5 Å². The van der Waals surface area contributed by atoms with Crippen molar-refractivity contribution in [2.24, 2.45) is 0 Å². The number of allylic oxidation sites excluding steroid dienone is 1. The number of rotatable bonds is 2. The minimum absolute atomic E-state index is 0.104. The molecule has 0 amide bonds. The largest absolute Gasteiger partial charge is 0.462 e. The predicted octanol–water partition coefficient (Wildman–Crippen LogP) is 2.88. The van der Waals surface area contributed by atoms with Crippen molar-refractivity contribution in [3.05, 3.63) is 42.2 Å². The van der Waals surface area contributed by atoms with Crippen LogP contribution in [-0.2, 0) is 0 Å². The molecule has 0 saturated heterocycles. The summed E-state index contributed by atoms with van der Waals surface area (Å²) in [5.41, 5.74) is 0. The molecule has 0 aromatic heterocycles. The minimum atomic E-state index is -0.962. The zero-order chi connectivity index (χ0) is 8.97. The molecule has 1 aromatic rings. The monoisotopic (exact) mass is 170 g/mol. The van der Waals surface area contributed by atoms with Crippen LogP contribution in [0.25, 0.3) is 0 Å². The van der Waals surface area contributed by atoms with Gasteiger partial charge in [-0.2, -0.15) is 4.39 Å². The molecule has 0 heterocycles. The van der Waals surface area contributed by atoms with Crippen LogP contribution in [-0.4, -0.2) is 0 Å². The van der Waals surface area contributed by atoms with Gasteiger partial charge in [0.1, 0.15) is 0 Å². The van der Waals surface area contributed by atoms with Gasteiger partial charge < -0.3 is 4.74 Å². The average molecular weight is 170 g/mol. The van der Waals surface area contributed by atoms with Gasteiger partial charge in [0.15, 0.2) is 11.6 Å². The molecule has 1 nitrogen and oxygen atoms in total. The summed E-state index contributed by atoms with van der Waals surface area (Å²) in [6.45, 7) is 1.72. The van der Waals surface area contributed by atoms with E-state index < -0.39 is 11.6 Å². The van der Waals surface area contributed by atoms with Gasteiger partial charge >= 0.3 is 0 Å². The highest BCUT2D eigenvalue weighted by Crippen LogP contribution is 2.18. The third-order valence-corrected chi connectivity index (χ3v) is 1.25. The van der Waals surface area contributed by atoms with Crippen molar-refractivity contribution in [3.8, 4) is 5.75 Å². The summed E-state index contributed by atoms with van der Waals surface area (Å²) in [7, 11) is 0. The summed E-state index contributed by atoms with van der Waals surface area (Å²) in [6, 6.07) is 3.79. The van der Waals surface area contributed by atoms with Crippen LogP contribution in [0.1, 0.15) is 6.92 Å². The van der Waals surface area contributed by atoms with E-state index in [0.29, 0.717) is 0 Å². The molecule has 1 rings (SSSR count). The van der Waals surface area contributed by atoms with Crippen LogP contribution >= 0.6 is 0 Å². The topological polar surface area (TPSA) is 9.23 Å². The van der Waals surface area contributed by atoms with Crippen LogP contribution in [0.4, 0.5) is 8.78 Å². The lowest BCUT2D eigenvalue weighted by atomic mass is 10.3. The Morgan fingerprint density at radius 1 is 1.33 bits per heavy atom. The Morgan fingerprint density at radius 2 is 2.08 bits per heavy atom. The highest BCUT2D eigenvalue weighted by atomic mass is 19.2. The Hall–Kier alpha value is -1.38. The molecule has 0 saturated carbocycles. The SMILES string of the molecule is C/C=C\Oc1cccc(F)c1F. The molecule has 0 fully saturated rings. The van der Waals surface area contributed by atoms with E-state index in [9.17, 15) is 8.78 Å². The molecule has 0 unspecified atom stereocenters. The fourth-order valence-electron chi connectivity index (χ4n) is 0.716. The van der Waals surface area contributed by atoms with E-state index in [2.05, 4.69) is 0 Å². The van der Waals surface area contributed by atoms with Crippen LogP contribution in [0.3, 0.4) is 0 Å². The number of halogens is 2. The Balaban J connectivity index is 2.92. The van der Waals surface area contributed by atoms with E-state index >= 15 is 0 Å². The first-order chi connectivity index (χ1) is 5.75. The van der Waals surface area contributed by atoms with Gasteiger partial charge in [0, 0.05) is 0 Å². The molecule has 0 aliphatic rings. The van der Waals surface area contributed by atoms with Gasteiger partial charge in [-0.05, 0) is 19.1 Å². The fraction of sp³-hybridized carbons (Fsp3) is 0.111. The maximum Gasteiger partial charge on any atom is 0.201 e. The summed E-state index contributed by atoms with van der Waals surface area (Å²) in [5.74, 6) is -1.97. The molecule has 0 aliphatic carbocycles. The number of benzene rings is 1. The molecule has 0 atom stereocenters. The summed E-state index contributed by atoms with van der Waals surface area (Å²) in [6.07, 6.45) is 2.88. The summed E-state index contributed by atoms with van der Waals surface area (Å²) in [5, 5.41) is 0. The van der Waals surface area contributed by atoms with Crippen molar-refractivity contribution in [3.63, 3.8) is 0 Å². The predicted molar refractivity (Wildman–Crippen MR) is 41.8 cm³/mol. The van der Waals surface area contributed by atoms with E-state index in [1.165, 1.54) is 18.4 Å². The second kappa shape index (κ2) is 3.85. The van der Waals surface area contributed by atoms with Crippen LogP contribution < -0.4 is 4.74 Å². The minimum Gasteiger partial charge on any atom is -0.462 e. The lowest BCUT2D eigenvalue weighted by Gasteiger charge is -2.00. The van der Waals surface area contributed by atoms with Crippen molar-refractivity contribution >= 4 is 0 Å². The van der Waals surface area contributed by atoms with Crippen LogP contribution in [0.2, 0.25) is 0 Å². The van der Waals surface area contributed by atoms with Crippen molar-refractivity contribution in [2.75, 3.05) is 0 Å². The third kappa shape index (κ3) is 1.81. The molecule has 0 N–H and O–H groups in total. The van der Waals surface area contributed by atoms with Crippen molar-refractivity contribution in [1.29, 1.82) is 0 Å². The van der Waals surface area contributed by atoms with Gasteiger partial charge in [0.25, 0.3) is 0 Å². The number of hydrogen-bond donors (Lipinski definition) is 0. The second-order valence-electron chi connectivity index (χ2n) is 2.14. The van der Waals surface area contributed by atoms with Gasteiger partial charge in [-0.25, -0.2) is 4.39 Å². The van der Waals surface area contributed by atoms with Gasteiger partial charge in [0.2, 0.25) is 5.82 Å². The Labute approximate surface area is 69.3 Å². The zero-order valence-electron chi connectivity index (χ0n) is 6.55. The van der Waals surface area contributed by atoms with Gasteiger partial charge in [-0.1, -0.05) is 12.1 Å². The first kappa shape index (κ1) is 8.71. The van der Waals surface area contributed by atoms with Gasteiger partial charge in [-0.3, -0.25) is 0 Å². The second-order valence-corrected chi connectivity index (χ2v) is 2.14. The van der Waals surface area contributed by atoms with Crippen LogP contribution in [0.5, 0.6) is 5.75 Å². The standard InChI is InChI=1S/C9H8F2O/c1-2-6-12-8-5-3-4-7(10)9(8)11/h2-6H,1H3/b6-2-. The molecule has 0 radical (unpaired) electrons. The number of ether oxygens (including phenoxy) is 1. The van der Waals surface area contributed by atoms with E-state index in [-0.39, 0.29) is 5.75 Å². The highest BCUT2D eigenvalue weighted by Gasteiger charge is 2.06. The Morgan fingerprint density at radius 3 is 2.75 bits per heavy atom. The molecule has 0 bridgehead atoms. The molecule has 0 aliphatic heterocycles. The lowest BCUT2D eigenvalue weighted by molar-refractivity contribution is 0.414. The molecular weight excluding hydrogens is 162 g/mol. The fourth-order valence-corrected chi connectivity index (χ4v) is 0.716. The summed E-state index contributed by atoms with van der Waals surface area (Å²) >= 11 is 0. The van der Waals surface area contributed by atoms with Gasteiger partial charge in [0.05, 0.1) is 6.26 Å². The first-order valence-electron chi connectivity index (χ1n) is 3.47. The lowest BCUT2D eigenvalue weighted by Crippen LogP contribution is -1.89. The molecule has 3 heteroatoms. The zero-order valence-corrected chi connectivity index (χ0v) is 6.55. The molecule has 0 spiro atoms. The molecule has 64 valence electrons. The smallest absolute Gasteiger partial charge is 0.201 e. The van der Waals surface area contributed by atoms with Crippen molar-refractivity contribution in [1.82, 2.24) is 0 Å². The summed E-state index contributed by atoms with van der Waals surface area (Å²) < 4.78 is 30.1. The molecule has 1 aromatic carbocycles. The maximum absolute atomic E-state index is 12.8. The maximum atomic E-state index is 12.8. The quantitative estimate of drug-likeness (QED) is 0.620. The highest BCUT2D eigenvalue weighted by molar-refractivity contribution is 5.25. The van der Waals surface area contributed by atoms with E-state index in [0.717, 1.165) is 6.07 Å². The normalized spacial score (nSPS) is 10.6. The molecular formula is C9H8F2O.